The standard InChI is InChI=1S/C17H16BrN3S/c1-10-3-4-11(2)13(9-10)21-17-12(7-8-19-17)16(20-21)14-5-6-15(18)22-14/h3-6,9,19H,7-8H2,1-2H3. The van der Waals surface area contributed by atoms with Crippen LogP contribution in [0, 0.1) is 13.8 Å². The predicted molar refractivity (Wildman–Crippen MR) is 96.2 cm³/mol. The van der Waals surface area contributed by atoms with E-state index >= 15 is 0 Å². The van der Waals surface area contributed by atoms with Gasteiger partial charge in [-0.2, -0.15) is 5.10 Å². The molecule has 0 saturated heterocycles. The van der Waals surface area contributed by atoms with Crippen LogP contribution in [0.2, 0.25) is 0 Å². The molecular formula is C17H16BrN3S. The van der Waals surface area contributed by atoms with Crippen molar-refractivity contribution in [3.8, 4) is 16.3 Å². The van der Waals surface area contributed by atoms with Gasteiger partial charge in [-0.05, 0) is 65.5 Å². The van der Waals surface area contributed by atoms with Crippen LogP contribution in [0.5, 0.6) is 0 Å². The first-order valence-corrected chi connectivity index (χ1v) is 8.93. The van der Waals surface area contributed by atoms with Crippen molar-refractivity contribution in [2.45, 2.75) is 20.3 Å². The molecule has 0 aliphatic carbocycles. The van der Waals surface area contributed by atoms with Gasteiger partial charge >= 0.3 is 0 Å². The topological polar surface area (TPSA) is 29.9 Å². The number of hydrogen-bond donors (Lipinski definition) is 1. The molecule has 3 nitrogen and oxygen atoms in total. The van der Waals surface area contributed by atoms with Crippen LogP contribution < -0.4 is 5.32 Å². The Labute approximate surface area is 142 Å². The lowest BCUT2D eigenvalue weighted by molar-refractivity contribution is 0.875. The van der Waals surface area contributed by atoms with Crippen molar-refractivity contribution in [3.63, 3.8) is 0 Å². The lowest BCUT2D eigenvalue weighted by Gasteiger charge is -2.10. The van der Waals surface area contributed by atoms with E-state index in [-0.39, 0.29) is 0 Å². The fraction of sp³-hybridized carbons (Fsp3) is 0.235. The fourth-order valence-electron chi connectivity index (χ4n) is 2.94. The molecule has 1 aliphatic heterocycles. The molecular weight excluding hydrogens is 358 g/mol. The number of thiophene rings is 1. The Kier molecular flexibility index (Phi) is 3.35. The predicted octanol–water partition coefficient (Wildman–Crippen LogP) is 4.95. The van der Waals surface area contributed by atoms with Gasteiger partial charge in [0.2, 0.25) is 0 Å². The highest BCUT2D eigenvalue weighted by atomic mass is 79.9. The second kappa shape index (κ2) is 5.25. The van der Waals surface area contributed by atoms with Gasteiger partial charge in [-0.15, -0.1) is 11.3 Å². The van der Waals surface area contributed by atoms with Gasteiger partial charge in [-0.1, -0.05) is 12.1 Å². The van der Waals surface area contributed by atoms with Crippen LogP contribution in [0.4, 0.5) is 5.82 Å². The second-order valence-electron chi connectivity index (χ2n) is 5.66. The van der Waals surface area contributed by atoms with Crippen LogP contribution in [-0.2, 0) is 6.42 Å². The molecule has 0 bridgehead atoms. The first-order valence-electron chi connectivity index (χ1n) is 7.32. The lowest BCUT2D eigenvalue weighted by atomic mass is 10.1. The summed E-state index contributed by atoms with van der Waals surface area (Å²) < 4.78 is 3.22. The molecule has 1 N–H and O–H groups in total. The Morgan fingerprint density at radius 1 is 1.23 bits per heavy atom. The molecule has 2 aromatic heterocycles. The summed E-state index contributed by atoms with van der Waals surface area (Å²) in [5.74, 6) is 1.15. The Hall–Kier alpha value is -1.59. The summed E-state index contributed by atoms with van der Waals surface area (Å²) in [6, 6.07) is 10.7. The molecule has 5 heteroatoms. The number of rotatable bonds is 2. The number of halogens is 1. The van der Waals surface area contributed by atoms with Gasteiger partial charge in [0.25, 0.3) is 0 Å². The van der Waals surface area contributed by atoms with Gasteiger partial charge in [0.1, 0.15) is 11.5 Å². The van der Waals surface area contributed by atoms with Crippen LogP contribution in [0.1, 0.15) is 16.7 Å². The highest BCUT2D eigenvalue weighted by Gasteiger charge is 2.25. The minimum absolute atomic E-state index is 0.984. The molecule has 22 heavy (non-hydrogen) atoms. The third-order valence-corrected chi connectivity index (χ3v) is 5.68. The molecule has 0 saturated carbocycles. The molecule has 3 heterocycles. The second-order valence-corrected chi connectivity index (χ2v) is 8.12. The smallest absolute Gasteiger partial charge is 0.133 e. The van der Waals surface area contributed by atoms with E-state index in [0.717, 1.165) is 34.0 Å². The molecule has 1 aliphatic rings. The number of anilines is 1. The molecule has 112 valence electrons. The SMILES string of the molecule is Cc1ccc(C)c(-n2nc(-c3ccc(Br)s3)c3c2NCC3)c1. The van der Waals surface area contributed by atoms with E-state index in [9.17, 15) is 0 Å². The molecule has 1 aromatic carbocycles. The summed E-state index contributed by atoms with van der Waals surface area (Å²) >= 11 is 5.29. The average molecular weight is 374 g/mol. The van der Waals surface area contributed by atoms with Gasteiger partial charge in [0.15, 0.2) is 0 Å². The number of nitrogens with zero attached hydrogens (tertiary/aromatic N) is 2. The minimum atomic E-state index is 0.984. The highest BCUT2D eigenvalue weighted by Crippen LogP contribution is 2.39. The van der Waals surface area contributed by atoms with Crippen LogP contribution in [0.25, 0.3) is 16.3 Å². The summed E-state index contributed by atoms with van der Waals surface area (Å²) in [5.41, 5.74) is 6.09. The number of fused-ring (bicyclic) bond motifs is 1. The molecule has 0 fully saturated rings. The summed E-state index contributed by atoms with van der Waals surface area (Å²) in [4.78, 5) is 1.22. The Morgan fingerprint density at radius 3 is 2.86 bits per heavy atom. The van der Waals surface area contributed by atoms with E-state index < -0.39 is 0 Å². The molecule has 0 radical (unpaired) electrons. The Balaban J connectivity index is 1.93. The molecule has 3 aromatic rings. The fourth-order valence-corrected chi connectivity index (χ4v) is 4.33. The zero-order chi connectivity index (χ0) is 15.3. The van der Waals surface area contributed by atoms with Crippen molar-refractivity contribution in [2.75, 3.05) is 11.9 Å². The summed E-state index contributed by atoms with van der Waals surface area (Å²) in [6.07, 6.45) is 1.03. The minimum Gasteiger partial charge on any atom is -0.369 e. The van der Waals surface area contributed by atoms with E-state index in [2.05, 4.69) is 70.1 Å². The molecule has 0 amide bonds. The van der Waals surface area contributed by atoms with Crippen molar-refractivity contribution in [1.82, 2.24) is 9.78 Å². The Morgan fingerprint density at radius 2 is 2.09 bits per heavy atom. The molecule has 0 atom stereocenters. The van der Waals surface area contributed by atoms with E-state index in [4.69, 9.17) is 5.10 Å². The van der Waals surface area contributed by atoms with Crippen LogP contribution >= 0.6 is 27.3 Å². The first kappa shape index (κ1) is 14.0. The maximum Gasteiger partial charge on any atom is 0.133 e. The number of benzene rings is 1. The average Bonchev–Trinajstić information content (AvgIpc) is 3.17. The summed E-state index contributed by atoms with van der Waals surface area (Å²) in [5, 5.41) is 8.44. The largest absolute Gasteiger partial charge is 0.369 e. The van der Waals surface area contributed by atoms with Crippen LogP contribution in [-0.4, -0.2) is 16.3 Å². The molecule has 0 spiro atoms. The zero-order valence-corrected chi connectivity index (χ0v) is 14.9. The molecule has 0 unspecified atom stereocenters. The van der Waals surface area contributed by atoms with Crippen LogP contribution in [0.3, 0.4) is 0 Å². The van der Waals surface area contributed by atoms with Crippen molar-refractivity contribution in [3.05, 3.63) is 50.8 Å². The van der Waals surface area contributed by atoms with E-state index in [1.807, 2.05) is 0 Å². The van der Waals surface area contributed by atoms with Gasteiger partial charge in [0, 0.05) is 12.1 Å². The van der Waals surface area contributed by atoms with Crippen molar-refractivity contribution in [1.29, 1.82) is 0 Å². The third kappa shape index (κ3) is 2.20. The lowest BCUT2D eigenvalue weighted by Crippen LogP contribution is -2.05. The van der Waals surface area contributed by atoms with Gasteiger partial charge in [0.05, 0.1) is 14.4 Å². The summed E-state index contributed by atoms with van der Waals surface area (Å²) in [7, 11) is 0. The van der Waals surface area contributed by atoms with E-state index in [0.29, 0.717) is 0 Å². The monoisotopic (exact) mass is 373 g/mol. The highest BCUT2D eigenvalue weighted by molar-refractivity contribution is 9.11. The first-order chi connectivity index (χ1) is 10.6. The number of hydrogen-bond acceptors (Lipinski definition) is 3. The van der Waals surface area contributed by atoms with Gasteiger partial charge < -0.3 is 5.32 Å². The van der Waals surface area contributed by atoms with E-state index in [1.54, 1.807) is 11.3 Å². The zero-order valence-electron chi connectivity index (χ0n) is 12.5. The normalized spacial score (nSPS) is 13.2. The quantitative estimate of drug-likeness (QED) is 0.688. The number of aromatic nitrogens is 2. The number of aryl methyl sites for hydroxylation is 2. The third-order valence-electron chi connectivity index (χ3n) is 4.05. The molecule has 4 rings (SSSR count). The Bertz CT molecular complexity index is 863. The van der Waals surface area contributed by atoms with E-state index in [1.165, 1.54) is 21.6 Å². The maximum absolute atomic E-state index is 4.93. The van der Waals surface area contributed by atoms with Crippen molar-refractivity contribution < 1.29 is 0 Å². The van der Waals surface area contributed by atoms with Crippen molar-refractivity contribution in [2.24, 2.45) is 0 Å². The van der Waals surface area contributed by atoms with Crippen LogP contribution in [0.15, 0.2) is 34.1 Å². The number of nitrogens with one attached hydrogen (secondary N) is 1. The van der Waals surface area contributed by atoms with Crippen molar-refractivity contribution >= 4 is 33.1 Å². The van der Waals surface area contributed by atoms with Gasteiger partial charge in [-0.25, -0.2) is 4.68 Å². The van der Waals surface area contributed by atoms with Gasteiger partial charge in [-0.3, -0.25) is 0 Å². The summed E-state index contributed by atoms with van der Waals surface area (Å²) in [6.45, 7) is 5.24. The maximum atomic E-state index is 4.93.